The average Bonchev–Trinajstić information content (AvgIpc) is 2.78. The third kappa shape index (κ3) is 6.11. The first-order chi connectivity index (χ1) is 15.3. The molecule has 0 atom stereocenters. The van der Waals surface area contributed by atoms with Crippen molar-refractivity contribution >= 4 is 37.5 Å². The first-order valence-corrected chi connectivity index (χ1v) is 12.3. The lowest BCUT2D eigenvalue weighted by Crippen LogP contribution is -2.41. The normalized spacial score (nSPS) is 11.1. The zero-order valence-electron chi connectivity index (χ0n) is 17.9. The summed E-state index contributed by atoms with van der Waals surface area (Å²) >= 11 is 3.35. The molecule has 0 aromatic heterocycles. The molecule has 0 radical (unpaired) electrons. The van der Waals surface area contributed by atoms with E-state index in [1.54, 1.807) is 42.5 Å². The van der Waals surface area contributed by atoms with E-state index in [0.29, 0.717) is 5.69 Å². The number of carbonyl (C=O) groups is 1. The van der Waals surface area contributed by atoms with Crippen LogP contribution < -0.4 is 14.4 Å². The number of benzene rings is 3. The van der Waals surface area contributed by atoms with E-state index in [0.717, 1.165) is 20.1 Å². The van der Waals surface area contributed by atoms with E-state index < -0.39 is 15.9 Å². The highest BCUT2D eigenvalue weighted by Gasteiger charge is 2.27. The fraction of sp³-hybridized carbons (Fsp3) is 0.208. The van der Waals surface area contributed by atoms with Gasteiger partial charge in [-0.3, -0.25) is 9.10 Å². The van der Waals surface area contributed by atoms with Gasteiger partial charge in [0.05, 0.1) is 17.1 Å². The molecule has 0 aliphatic rings. The number of ether oxygens (including phenoxy) is 1. The molecule has 1 N–H and O–H groups in total. The number of halogens is 1. The summed E-state index contributed by atoms with van der Waals surface area (Å²) in [6.07, 6.45) is 0. The Bertz CT molecular complexity index is 1170. The van der Waals surface area contributed by atoms with Crippen molar-refractivity contribution in [1.29, 1.82) is 0 Å². The van der Waals surface area contributed by atoms with Crippen molar-refractivity contribution in [3.63, 3.8) is 0 Å². The van der Waals surface area contributed by atoms with E-state index in [-0.39, 0.29) is 24.6 Å². The number of aryl methyl sites for hydroxylation is 2. The lowest BCUT2D eigenvalue weighted by atomic mass is 10.1. The summed E-state index contributed by atoms with van der Waals surface area (Å²) in [6.45, 7) is 4.22. The first kappa shape index (κ1) is 23.8. The largest absolute Gasteiger partial charge is 0.492 e. The summed E-state index contributed by atoms with van der Waals surface area (Å²) in [6, 6.07) is 20.6. The molecule has 8 heteroatoms. The van der Waals surface area contributed by atoms with Gasteiger partial charge in [0.15, 0.2) is 0 Å². The molecule has 0 saturated heterocycles. The smallest absolute Gasteiger partial charge is 0.264 e. The van der Waals surface area contributed by atoms with Crippen LogP contribution in [0.4, 0.5) is 5.69 Å². The second kappa shape index (κ2) is 10.7. The summed E-state index contributed by atoms with van der Waals surface area (Å²) in [4.78, 5) is 12.7. The number of hydrogen-bond acceptors (Lipinski definition) is 4. The minimum absolute atomic E-state index is 0.119. The van der Waals surface area contributed by atoms with Crippen molar-refractivity contribution in [1.82, 2.24) is 5.32 Å². The topological polar surface area (TPSA) is 75.7 Å². The summed E-state index contributed by atoms with van der Waals surface area (Å²) < 4.78 is 34.1. The number of rotatable bonds is 9. The Balaban J connectivity index is 1.67. The van der Waals surface area contributed by atoms with Gasteiger partial charge in [-0.05, 0) is 73.5 Å². The van der Waals surface area contributed by atoms with E-state index in [1.807, 2.05) is 32.0 Å². The van der Waals surface area contributed by atoms with Crippen LogP contribution in [0, 0.1) is 13.8 Å². The number of sulfonamides is 1. The Morgan fingerprint density at radius 3 is 2.31 bits per heavy atom. The molecule has 3 aromatic rings. The van der Waals surface area contributed by atoms with Gasteiger partial charge >= 0.3 is 0 Å². The molecule has 0 saturated carbocycles. The Morgan fingerprint density at radius 1 is 0.969 bits per heavy atom. The number of hydrogen-bond donors (Lipinski definition) is 1. The fourth-order valence-electron chi connectivity index (χ4n) is 2.99. The van der Waals surface area contributed by atoms with Gasteiger partial charge in [0, 0.05) is 4.47 Å². The molecule has 0 spiro atoms. The molecule has 168 valence electrons. The number of nitrogens with zero attached hydrogens (tertiary/aromatic N) is 1. The minimum Gasteiger partial charge on any atom is -0.492 e. The predicted molar refractivity (Wildman–Crippen MR) is 130 cm³/mol. The number of carbonyl (C=O) groups excluding carboxylic acids is 1. The van der Waals surface area contributed by atoms with Gasteiger partial charge in [0.2, 0.25) is 5.91 Å². The van der Waals surface area contributed by atoms with Crippen molar-refractivity contribution < 1.29 is 17.9 Å². The van der Waals surface area contributed by atoms with Crippen LogP contribution >= 0.6 is 15.9 Å². The maximum absolute atomic E-state index is 13.2. The Hall–Kier alpha value is -2.84. The standard InChI is InChI=1S/C24H25BrN2O4S/c1-18-8-13-22(16-19(18)2)31-15-14-26-24(28)17-27(21-11-9-20(25)10-12-21)32(29,30)23-6-4-3-5-7-23/h3-13,16H,14-15,17H2,1-2H3,(H,26,28). The van der Waals surface area contributed by atoms with Crippen LogP contribution in [0.15, 0.2) is 82.2 Å². The van der Waals surface area contributed by atoms with Crippen LogP contribution in [0.5, 0.6) is 5.75 Å². The van der Waals surface area contributed by atoms with Crippen molar-refractivity contribution in [2.75, 3.05) is 24.0 Å². The van der Waals surface area contributed by atoms with Crippen molar-refractivity contribution in [2.45, 2.75) is 18.7 Å². The number of anilines is 1. The molecule has 0 heterocycles. The van der Waals surface area contributed by atoms with Crippen LogP contribution in [0.2, 0.25) is 0 Å². The molecule has 3 rings (SSSR count). The van der Waals surface area contributed by atoms with Gasteiger partial charge in [0.1, 0.15) is 18.9 Å². The van der Waals surface area contributed by atoms with Crippen molar-refractivity contribution in [2.24, 2.45) is 0 Å². The van der Waals surface area contributed by atoms with Crippen LogP contribution in [-0.2, 0) is 14.8 Å². The Morgan fingerprint density at radius 2 is 1.66 bits per heavy atom. The van der Waals surface area contributed by atoms with E-state index in [4.69, 9.17) is 4.74 Å². The van der Waals surface area contributed by atoms with Gasteiger partial charge in [-0.1, -0.05) is 40.2 Å². The lowest BCUT2D eigenvalue weighted by Gasteiger charge is -2.24. The fourth-order valence-corrected chi connectivity index (χ4v) is 4.70. The summed E-state index contributed by atoms with van der Waals surface area (Å²) in [7, 11) is -3.92. The molecule has 0 unspecified atom stereocenters. The zero-order valence-corrected chi connectivity index (χ0v) is 20.3. The summed E-state index contributed by atoms with van der Waals surface area (Å²) in [5, 5.41) is 2.73. The highest BCUT2D eigenvalue weighted by atomic mass is 79.9. The van der Waals surface area contributed by atoms with Crippen molar-refractivity contribution in [3.05, 3.63) is 88.4 Å². The summed E-state index contributed by atoms with van der Waals surface area (Å²) in [5.41, 5.74) is 2.71. The highest BCUT2D eigenvalue weighted by molar-refractivity contribution is 9.10. The molecule has 1 amide bonds. The summed E-state index contributed by atoms with van der Waals surface area (Å²) in [5.74, 6) is 0.307. The molecule has 0 fully saturated rings. The van der Waals surface area contributed by atoms with Crippen molar-refractivity contribution in [3.8, 4) is 5.75 Å². The van der Waals surface area contributed by atoms with Gasteiger partial charge in [-0.25, -0.2) is 8.42 Å². The van der Waals surface area contributed by atoms with Gasteiger partial charge in [0.25, 0.3) is 10.0 Å². The number of nitrogens with one attached hydrogen (secondary N) is 1. The molecular formula is C24H25BrN2O4S. The second-order valence-electron chi connectivity index (χ2n) is 7.25. The van der Waals surface area contributed by atoms with E-state index in [9.17, 15) is 13.2 Å². The van der Waals surface area contributed by atoms with Gasteiger partial charge in [-0.15, -0.1) is 0 Å². The van der Waals surface area contributed by atoms with Crippen LogP contribution in [0.3, 0.4) is 0 Å². The first-order valence-electron chi connectivity index (χ1n) is 10.1. The monoisotopic (exact) mass is 516 g/mol. The third-order valence-electron chi connectivity index (χ3n) is 4.90. The van der Waals surface area contributed by atoms with E-state index >= 15 is 0 Å². The number of amides is 1. The zero-order chi connectivity index (χ0) is 23.1. The lowest BCUT2D eigenvalue weighted by molar-refractivity contribution is -0.119. The third-order valence-corrected chi connectivity index (χ3v) is 7.22. The Kier molecular flexibility index (Phi) is 7.93. The SMILES string of the molecule is Cc1ccc(OCCNC(=O)CN(c2ccc(Br)cc2)S(=O)(=O)c2ccccc2)cc1C. The Labute approximate surface area is 197 Å². The predicted octanol–water partition coefficient (Wildman–Crippen LogP) is 4.46. The molecule has 0 aliphatic heterocycles. The van der Waals surface area contributed by atoms with Crippen LogP contribution in [-0.4, -0.2) is 34.0 Å². The molecule has 3 aromatic carbocycles. The van der Waals surface area contributed by atoms with Crippen LogP contribution in [0.1, 0.15) is 11.1 Å². The molecular weight excluding hydrogens is 492 g/mol. The minimum atomic E-state index is -3.92. The van der Waals surface area contributed by atoms with Gasteiger partial charge in [-0.2, -0.15) is 0 Å². The maximum Gasteiger partial charge on any atom is 0.264 e. The second-order valence-corrected chi connectivity index (χ2v) is 10.0. The molecule has 6 nitrogen and oxygen atoms in total. The van der Waals surface area contributed by atoms with Crippen LogP contribution in [0.25, 0.3) is 0 Å². The average molecular weight is 517 g/mol. The highest BCUT2D eigenvalue weighted by Crippen LogP contribution is 2.25. The maximum atomic E-state index is 13.2. The molecule has 32 heavy (non-hydrogen) atoms. The molecule has 0 bridgehead atoms. The molecule has 0 aliphatic carbocycles. The quantitative estimate of drug-likeness (QED) is 0.426. The van der Waals surface area contributed by atoms with Gasteiger partial charge < -0.3 is 10.1 Å². The van der Waals surface area contributed by atoms with E-state index in [2.05, 4.69) is 21.2 Å². The van der Waals surface area contributed by atoms with E-state index in [1.165, 1.54) is 17.7 Å².